The summed E-state index contributed by atoms with van der Waals surface area (Å²) >= 11 is 0. The molecule has 0 aliphatic rings. The molecule has 0 aliphatic carbocycles. The van der Waals surface area contributed by atoms with Crippen LogP contribution in [0.5, 0.6) is 0 Å². The van der Waals surface area contributed by atoms with Gasteiger partial charge in [0.05, 0.1) is 11.5 Å². The SMILES string of the molecule is CCCNCCCCS(=O)(=O)CCCOC. The molecule has 4 nitrogen and oxygen atoms in total. The maximum absolute atomic E-state index is 11.5. The van der Waals surface area contributed by atoms with Gasteiger partial charge >= 0.3 is 0 Å². The zero-order valence-electron chi connectivity index (χ0n) is 10.5. The first-order valence-corrected chi connectivity index (χ1v) is 7.84. The Morgan fingerprint density at radius 1 is 1.06 bits per heavy atom. The number of hydrogen-bond acceptors (Lipinski definition) is 4. The third-order valence-corrected chi connectivity index (χ3v) is 4.11. The van der Waals surface area contributed by atoms with Gasteiger partial charge in [-0.2, -0.15) is 0 Å². The molecule has 0 fully saturated rings. The Morgan fingerprint density at radius 2 is 1.75 bits per heavy atom. The Hall–Kier alpha value is -0.130. The molecule has 5 heteroatoms. The van der Waals surface area contributed by atoms with Gasteiger partial charge in [0.15, 0.2) is 0 Å². The monoisotopic (exact) mass is 251 g/mol. The van der Waals surface area contributed by atoms with Crippen LogP contribution in [0.4, 0.5) is 0 Å². The van der Waals surface area contributed by atoms with E-state index in [9.17, 15) is 8.42 Å². The Kier molecular flexibility index (Phi) is 9.97. The van der Waals surface area contributed by atoms with Crippen LogP contribution in [0, 0.1) is 0 Å². The van der Waals surface area contributed by atoms with Gasteiger partial charge in [0.25, 0.3) is 0 Å². The molecule has 0 rings (SSSR count). The van der Waals surface area contributed by atoms with E-state index in [1.807, 2.05) is 0 Å². The van der Waals surface area contributed by atoms with Gasteiger partial charge in [-0.1, -0.05) is 6.92 Å². The van der Waals surface area contributed by atoms with Crippen LogP contribution >= 0.6 is 0 Å². The summed E-state index contributed by atoms with van der Waals surface area (Å²) in [5.74, 6) is 0.563. The average Bonchev–Trinajstić information content (AvgIpc) is 2.23. The number of nitrogens with one attached hydrogen (secondary N) is 1. The Morgan fingerprint density at radius 3 is 2.38 bits per heavy atom. The molecule has 0 aromatic rings. The highest BCUT2D eigenvalue weighted by molar-refractivity contribution is 7.91. The highest BCUT2D eigenvalue weighted by atomic mass is 32.2. The molecule has 16 heavy (non-hydrogen) atoms. The van der Waals surface area contributed by atoms with E-state index in [0.29, 0.717) is 18.8 Å². The number of unbranched alkanes of at least 4 members (excludes halogenated alkanes) is 1. The summed E-state index contributed by atoms with van der Waals surface area (Å²) < 4.78 is 27.9. The number of sulfone groups is 1. The van der Waals surface area contributed by atoms with Crippen molar-refractivity contribution < 1.29 is 13.2 Å². The van der Waals surface area contributed by atoms with Crippen molar-refractivity contribution in [2.45, 2.75) is 32.6 Å². The van der Waals surface area contributed by atoms with E-state index >= 15 is 0 Å². The van der Waals surface area contributed by atoms with Crippen molar-refractivity contribution in [2.75, 3.05) is 38.3 Å². The van der Waals surface area contributed by atoms with Gasteiger partial charge in [-0.15, -0.1) is 0 Å². The summed E-state index contributed by atoms with van der Waals surface area (Å²) in [4.78, 5) is 0. The molecule has 0 atom stereocenters. The van der Waals surface area contributed by atoms with Gasteiger partial charge in [-0.25, -0.2) is 8.42 Å². The second kappa shape index (κ2) is 10.1. The maximum atomic E-state index is 11.5. The van der Waals surface area contributed by atoms with Gasteiger partial charge in [0.1, 0.15) is 9.84 Å². The summed E-state index contributed by atoms with van der Waals surface area (Å²) in [7, 11) is -1.27. The van der Waals surface area contributed by atoms with Crippen molar-refractivity contribution in [2.24, 2.45) is 0 Å². The maximum Gasteiger partial charge on any atom is 0.150 e. The molecule has 0 heterocycles. The summed E-state index contributed by atoms with van der Waals surface area (Å²) in [6.45, 7) is 4.58. The second-order valence-corrected chi connectivity index (χ2v) is 6.26. The third-order valence-electron chi connectivity index (χ3n) is 2.29. The van der Waals surface area contributed by atoms with Gasteiger partial charge < -0.3 is 10.1 Å². The molecule has 0 saturated heterocycles. The van der Waals surface area contributed by atoms with Crippen molar-refractivity contribution in [1.82, 2.24) is 5.32 Å². The quantitative estimate of drug-likeness (QED) is 0.561. The van der Waals surface area contributed by atoms with Crippen molar-refractivity contribution in [3.8, 4) is 0 Å². The minimum atomic E-state index is -2.85. The third kappa shape index (κ3) is 10.4. The first-order chi connectivity index (χ1) is 7.62. The molecule has 0 spiro atoms. The molecule has 0 aromatic heterocycles. The van der Waals surface area contributed by atoms with Crippen molar-refractivity contribution in [1.29, 1.82) is 0 Å². The second-order valence-electron chi connectivity index (χ2n) is 3.96. The molecule has 98 valence electrons. The van der Waals surface area contributed by atoms with Crippen molar-refractivity contribution in [3.05, 3.63) is 0 Å². The summed E-state index contributed by atoms with van der Waals surface area (Å²) in [6, 6.07) is 0. The lowest BCUT2D eigenvalue weighted by Crippen LogP contribution is -2.18. The summed E-state index contributed by atoms with van der Waals surface area (Å²) in [5, 5.41) is 3.26. The molecule has 0 bridgehead atoms. The van der Waals surface area contributed by atoms with Crippen molar-refractivity contribution >= 4 is 9.84 Å². The lowest BCUT2D eigenvalue weighted by Gasteiger charge is -2.05. The van der Waals surface area contributed by atoms with Crippen LogP contribution in [-0.4, -0.2) is 46.7 Å². The van der Waals surface area contributed by atoms with Gasteiger partial charge in [-0.3, -0.25) is 0 Å². The number of methoxy groups -OCH3 is 1. The lowest BCUT2D eigenvalue weighted by molar-refractivity contribution is 0.199. The topological polar surface area (TPSA) is 55.4 Å². The molecule has 0 aliphatic heterocycles. The summed E-state index contributed by atoms with van der Waals surface area (Å²) in [5.41, 5.74) is 0. The van der Waals surface area contributed by atoms with Gasteiger partial charge in [0, 0.05) is 13.7 Å². The fraction of sp³-hybridized carbons (Fsp3) is 1.00. The van der Waals surface area contributed by atoms with E-state index in [4.69, 9.17) is 4.74 Å². The van der Waals surface area contributed by atoms with Gasteiger partial charge in [-0.05, 0) is 38.8 Å². The van der Waals surface area contributed by atoms with Crippen LogP contribution in [0.2, 0.25) is 0 Å². The number of rotatable bonds is 11. The van der Waals surface area contributed by atoms with Gasteiger partial charge in [0.2, 0.25) is 0 Å². The van der Waals surface area contributed by atoms with E-state index in [1.54, 1.807) is 7.11 Å². The highest BCUT2D eigenvalue weighted by Gasteiger charge is 2.09. The van der Waals surface area contributed by atoms with E-state index in [2.05, 4.69) is 12.2 Å². The van der Waals surface area contributed by atoms with E-state index < -0.39 is 9.84 Å². The zero-order valence-corrected chi connectivity index (χ0v) is 11.3. The van der Waals surface area contributed by atoms with E-state index in [1.165, 1.54) is 0 Å². The average molecular weight is 251 g/mol. The number of hydrogen-bond donors (Lipinski definition) is 1. The minimum absolute atomic E-state index is 0.253. The molecule has 0 radical (unpaired) electrons. The molecule has 1 N–H and O–H groups in total. The highest BCUT2D eigenvalue weighted by Crippen LogP contribution is 1.99. The predicted octanol–water partition coefficient (Wildman–Crippen LogP) is 1.22. The first-order valence-electron chi connectivity index (χ1n) is 6.02. The minimum Gasteiger partial charge on any atom is -0.385 e. The van der Waals surface area contributed by atoms with Crippen LogP contribution in [0.15, 0.2) is 0 Å². The molecule has 0 amide bonds. The first kappa shape index (κ1) is 15.9. The molecular weight excluding hydrogens is 226 g/mol. The van der Waals surface area contributed by atoms with Crippen molar-refractivity contribution in [3.63, 3.8) is 0 Å². The molecular formula is C11H25NO3S. The van der Waals surface area contributed by atoms with Crippen LogP contribution in [0.3, 0.4) is 0 Å². The lowest BCUT2D eigenvalue weighted by atomic mass is 10.3. The number of ether oxygens (including phenoxy) is 1. The Labute approximate surface area is 99.7 Å². The fourth-order valence-corrected chi connectivity index (χ4v) is 2.80. The Bertz CT molecular complexity index is 240. The zero-order chi connectivity index (χ0) is 12.3. The predicted molar refractivity (Wildman–Crippen MR) is 67.5 cm³/mol. The molecule has 0 aromatic carbocycles. The standard InChI is InChI=1S/C11H25NO3S/c1-3-7-12-8-4-5-10-16(13,14)11-6-9-15-2/h12H,3-11H2,1-2H3. The largest absolute Gasteiger partial charge is 0.385 e. The summed E-state index contributed by atoms with van der Waals surface area (Å²) in [6.07, 6.45) is 3.41. The van der Waals surface area contributed by atoms with Crippen LogP contribution in [0.25, 0.3) is 0 Å². The normalized spacial score (nSPS) is 11.9. The molecule has 0 unspecified atom stereocenters. The van der Waals surface area contributed by atoms with E-state index in [0.717, 1.165) is 32.4 Å². The van der Waals surface area contributed by atoms with Crippen LogP contribution in [0.1, 0.15) is 32.6 Å². The fourth-order valence-electron chi connectivity index (χ4n) is 1.40. The van der Waals surface area contributed by atoms with E-state index in [-0.39, 0.29) is 5.75 Å². The van der Waals surface area contributed by atoms with Crippen LogP contribution in [-0.2, 0) is 14.6 Å². The Balaban J connectivity index is 3.43. The van der Waals surface area contributed by atoms with Crippen LogP contribution < -0.4 is 5.32 Å². The smallest absolute Gasteiger partial charge is 0.150 e. The molecule has 0 saturated carbocycles.